The number of hydrogen-bond acceptors (Lipinski definition) is 4. The Kier molecular flexibility index (Phi) is 5.88. The zero-order valence-electron chi connectivity index (χ0n) is 13.1. The molecule has 0 saturated heterocycles. The van der Waals surface area contributed by atoms with E-state index in [0.717, 1.165) is 43.1 Å². The molecule has 0 aromatic carbocycles. The van der Waals surface area contributed by atoms with Crippen LogP contribution >= 0.6 is 0 Å². The third kappa shape index (κ3) is 3.31. The van der Waals surface area contributed by atoms with Gasteiger partial charge in [-0.1, -0.05) is 20.8 Å². The van der Waals surface area contributed by atoms with E-state index in [4.69, 9.17) is 14.7 Å². The predicted octanol–water partition coefficient (Wildman–Crippen LogP) is 2.86. The van der Waals surface area contributed by atoms with E-state index in [2.05, 4.69) is 39.9 Å². The summed E-state index contributed by atoms with van der Waals surface area (Å²) >= 11 is 0. The molecule has 0 aliphatic rings. The molecule has 4 heteroatoms. The zero-order valence-corrected chi connectivity index (χ0v) is 13.1. The first-order chi connectivity index (χ1) is 9.04. The van der Waals surface area contributed by atoms with Gasteiger partial charge in [0.05, 0.1) is 0 Å². The third-order valence-electron chi connectivity index (χ3n) is 3.91. The summed E-state index contributed by atoms with van der Waals surface area (Å²) in [6.07, 6.45) is 1.76. The third-order valence-corrected chi connectivity index (χ3v) is 3.91. The molecule has 19 heavy (non-hydrogen) atoms. The molecule has 1 N–H and O–H groups in total. The molecule has 1 rings (SSSR count). The van der Waals surface area contributed by atoms with Gasteiger partial charge in [0.1, 0.15) is 5.60 Å². The normalized spacial score (nSPS) is 11.9. The molecule has 1 aromatic heterocycles. The van der Waals surface area contributed by atoms with E-state index in [1.54, 1.807) is 7.11 Å². The van der Waals surface area contributed by atoms with E-state index < -0.39 is 0 Å². The summed E-state index contributed by atoms with van der Waals surface area (Å²) in [7, 11) is 1.74. The first-order valence-corrected chi connectivity index (χ1v) is 7.15. The van der Waals surface area contributed by atoms with E-state index in [1.807, 2.05) is 0 Å². The van der Waals surface area contributed by atoms with E-state index in [-0.39, 0.29) is 5.60 Å². The fourth-order valence-corrected chi connectivity index (χ4v) is 2.40. The van der Waals surface area contributed by atoms with Crippen molar-refractivity contribution in [2.24, 2.45) is 0 Å². The van der Waals surface area contributed by atoms with Crippen molar-refractivity contribution in [3.05, 3.63) is 22.8 Å². The molecule has 0 radical (unpaired) electrons. The summed E-state index contributed by atoms with van der Waals surface area (Å²) in [6.45, 7) is 12.2. The maximum absolute atomic E-state index is 5.71. The van der Waals surface area contributed by atoms with Crippen molar-refractivity contribution in [1.29, 1.82) is 0 Å². The highest BCUT2D eigenvalue weighted by Crippen LogP contribution is 2.30. The molecule has 0 saturated carbocycles. The van der Waals surface area contributed by atoms with Gasteiger partial charge < -0.3 is 10.1 Å². The first-order valence-electron chi connectivity index (χ1n) is 7.15. The monoisotopic (exact) mass is 265 g/mol. The summed E-state index contributed by atoms with van der Waals surface area (Å²) in [5, 5.41) is 3.34. The fourth-order valence-electron chi connectivity index (χ4n) is 2.40. The number of hydrogen-bond donors (Lipinski definition) is 1. The molecule has 0 fully saturated rings. The molecule has 0 spiro atoms. The maximum Gasteiger partial charge on any atom is 0.160 e. The SMILES string of the molecule is CCNCc1c(C)nc(C(CC)(CC)OC)nc1C. The van der Waals surface area contributed by atoms with E-state index >= 15 is 0 Å². The van der Waals surface area contributed by atoms with Crippen molar-refractivity contribution in [1.82, 2.24) is 15.3 Å². The Morgan fingerprint density at radius 1 is 1.05 bits per heavy atom. The van der Waals surface area contributed by atoms with Crippen molar-refractivity contribution >= 4 is 0 Å². The second-order valence-corrected chi connectivity index (χ2v) is 4.88. The van der Waals surface area contributed by atoms with Crippen LogP contribution in [0.2, 0.25) is 0 Å². The van der Waals surface area contributed by atoms with Gasteiger partial charge in [0.15, 0.2) is 5.82 Å². The van der Waals surface area contributed by atoms with Crippen LogP contribution in [0.25, 0.3) is 0 Å². The van der Waals surface area contributed by atoms with Gasteiger partial charge in [0, 0.05) is 30.6 Å². The van der Waals surface area contributed by atoms with Crippen LogP contribution in [0.3, 0.4) is 0 Å². The highest BCUT2D eigenvalue weighted by Gasteiger charge is 2.32. The topological polar surface area (TPSA) is 47.0 Å². The lowest BCUT2D eigenvalue weighted by atomic mass is 9.95. The average Bonchev–Trinajstić information content (AvgIpc) is 2.40. The second-order valence-electron chi connectivity index (χ2n) is 4.88. The lowest BCUT2D eigenvalue weighted by molar-refractivity contribution is -0.0294. The van der Waals surface area contributed by atoms with E-state index in [1.165, 1.54) is 5.56 Å². The largest absolute Gasteiger partial charge is 0.370 e. The van der Waals surface area contributed by atoms with Gasteiger partial charge in [-0.25, -0.2) is 9.97 Å². The smallest absolute Gasteiger partial charge is 0.160 e. The molecule has 0 amide bonds. The Bertz CT molecular complexity index is 383. The number of aryl methyl sites for hydroxylation is 2. The lowest BCUT2D eigenvalue weighted by Crippen LogP contribution is -2.30. The van der Waals surface area contributed by atoms with Gasteiger partial charge >= 0.3 is 0 Å². The van der Waals surface area contributed by atoms with Gasteiger partial charge in [0.2, 0.25) is 0 Å². The summed E-state index contributed by atoms with van der Waals surface area (Å²) in [5.41, 5.74) is 2.94. The lowest BCUT2D eigenvalue weighted by Gasteiger charge is -2.29. The number of rotatable bonds is 7. The Hall–Kier alpha value is -1.00. The molecule has 0 aliphatic carbocycles. The second kappa shape index (κ2) is 6.96. The maximum atomic E-state index is 5.71. The minimum Gasteiger partial charge on any atom is -0.370 e. The molecular formula is C15H27N3O. The van der Waals surface area contributed by atoms with Crippen molar-refractivity contribution in [2.75, 3.05) is 13.7 Å². The van der Waals surface area contributed by atoms with Gasteiger partial charge in [-0.15, -0.1) is 0 Å². The highest BCUT2D eigenvalue weighted by molar-refractivity contribution is 5.25. The molecule has 1 aromatic rings. The summed E-state index contributed by atoms with van der Waals surface area (Å²) < 4.78 is 5.71. The molecule has 0 aliphatic heterocycles. The van der Waals surface area contributed by atoms with Gasteiger partial charge in [-0.2, -0.15) is 0 Å². The number of nitrogens with zero attached hydrogens (tertiary/aromatic N) is 2. The van der Waals surface area contributed by atoms with Crippen LogP contribution in [0.15, 0.2) is 0 Å². The number of methoxy groups -OCH3 is 1. The summed E-state index contributed by atoms with van der Waals surface area (Å²) in [6, 6.07) is 0. The molecular weight excluding hydrogens is 238 g/mol. The number of ether oxygens (including phenoxy) is 1. The molecule has 1 heterocycles. The summed E-state index contributed by atoms with van der Waals surface area (Å²) in [5.74, 6) is 0.815. The van der Waals surface area contributed by atoms with Gasteiger partial charge in [-0.3, -0.25) is 0 Å². The highest BCUT2D eigenvalue weighted by atomic mass is 16.5. The van der Waals surface area contributed by atoms with Crippen LogP contribution in [-0.4, -0.2) is 23.6 Å². The van der Waals surface area contributed by atoms with Gasteiger partial charge in [0.25, 0.3) is 0 Å². The van der Waals surface area contributed by atoms with Crippen LogP contribution in [0.1, 0.15) is 56.4 Å². The Labute approximate surface area is 117 Å². The van der Waals surface area contributed by atoms with Gasteiger partial charge in [-0.05, 0) is 33.2 Å². The summed E-state index contributed by atoms with van der Waals surface area (Å²) in [4.78, 5) is 9.39. The van der Waals surface area contributed by atoms with Crippen LogP contribution in [-0.2, 0) is 16.9 Å². The van der Waals surface area contributed by atoms with Crippen LogP contribution < -0.4 is 5.32 Å². The minimum atomic E-state index is -0.355. The zero-order chi connectivity index (χ0) is 14.5. The van der Waals surface area contributed by atoms with Crippen LogP contribution in [0.5, 0.6) is 0 Å². The van der Waals surface area contributed by atoms with Crippen LogP contribution in [0.4, 0.5) is 0 Å². The van der Waals surface area contributed by atoms with Crippen molar-refractivity contribution in [3.8, 4) is 0 Å². The molecule has 0 bridgehead atoms. The Balaban J connectivity index is 3.19. The fraction of sp³-hybridized carbons (Fsp3) is 0.733. The quantitative estimate of drug-likeness (QED) is 0.823. The van der Waals surface area contributed by atoms with E-state index in [9.17, 15) is 0 Å². The minimum absolute atomic E-state index is 0.355. The van der Waals surface area contributed by atoms with Crippen molar-refractivity contribution < 1.29 is 4.74 Å². The average molecular weight is 265 g/mol. The Morgan fingerprint density at radius 3 is 1.95 bits per heavy atom. The predicted molar refractivity (Wildman–Crippen MR) is 78.2 cm³/mol. The Morgan fingerprint density at radius 2 is 1.58 bits per heavy atom. The molecule has 0 atom stereocenters. The number of aromatic nitrogens is 2. The standard InChI is InChI=1S/C15H27N3O/c1-7-15(8-2,19-6)14-17-11(4)13(10-16-9-3)12(5)18-14/h16H,7-10H2,1-6H3. The van der Waals surface area contributed by atoms with Crippen molar-refractivity contribution in [3.63, 3.8) is 0 Å². The first kappa shape index (κ1) is 16.1. The molecule has 108 valence electrons. The molecule has 0 unspecified atom stereocenters. The van der Waals surface area contributed by atoms with Crippen molar-refractivity contribution in [2.45, 2.75) is 59.6 Å². The number of nitrogens with one attached hydrogen (secondary N) is 1. The van der Waals surface area contributed by atoms with E-state index in [0.29, 0.717) is 0 Å². The molecule has 4 nitrogen and oxygen atoms in total. The van der Waals surface area contributed by atoms with Crippen LogP contribution in [0, 0.1) is 13.8 Å².